The average Bonchev–Trinajstić information content (AvgIpc) is 2.68. The second kappa shape index (κ2) is 3.91. The van der Waals surface area contributed by atoms with Crippen LogP contribution in [0.4, 0.5) is 5.69 Å². The number of anilines is 1. The lowest BCUT2D eigenvalue weighted by Crippen LogP contribution is -2.21. The van der Waals surface area contributed by atoms with Gasteiger partial charge in [0.2, 0.25) is 0 Å². The monoisotopic (exact) mass is 239 g/mol. The number of benzene rings is 1. The van der Waals surface area contributed by atoms with Gasteiger partial charge in [-0.15, -0.1) is 10.2 Å². The zero-order valence-electron chi connectivity index (χ0n) is 8.11. The van der Waals surface area contributed by atoms with Crippen molar-refractivity contribution >= 4 is 15.9 Å². The Morgan fingerprint density at radius 2 is 1.94 bits per heavy atom. The van der Waals surface area contributed by atoms with Crippen LogP contribution in [-0.4, -0.2) is 23.2 Å². The van der Waals surface area contributed by atoms with E-state index in [0.29, 0.717) is 5.69 Å². The van der Waals surface area contributed by atoms with E-state index in [-0.39, 0.29) is 0 Å². The van der Waals surface area contributed by atoms with Crippen molar-refractivity contribution in [1.82, 2.24) is 14.8 Å². The van der Waals surface area contributed by atoms with E-state index in [9.17, 15) is 8.42 Å². The van der Waals surface area contributed by atoms with Crippen LogP contribution in [0.1, 0.15) is 0 Å². The molecule has 0 radical (unpaired) electrons. The van der Waals surface area contributed by atoms with Gasteiger partial charge in [-0.05, 0) is 18.2 Å². The second-order valence-electron chi connectivity index (χ2n) is 3.07. The highest BCUT2D eigenvalue weighted by Crippen LogP contribution is 2.14. The summed E-state index contributed by atoms with van der Waals surface area (Å²) in [7, 11) is -3.75. The van der Waals surface area contributed by atoms with Gasteiger partial charge in [0.05, 0.1) is 11.4 Å². The first-order valence-corrected chi connectivity index (χ1v) is 5.85. The molecule has 0 saturated heterocycles. The highest BCUT2D eigenvalue weighted by Gasteiger charge is 2.03. The Kier molecular flexibility index (Phi) is 2.59. The molecule has 2 rings (SSSR count). The van der Waals surface area contributed by atoms with Crippen molar-refractivity contribution in [2.75, 3.05) is 4.72 Å². The maximum absolute atomic E-state index is 10.8. The summed E-state index contributed by atoms with van der Waals surface area (Å²) in [5.41, 5.74) is 1.12. The van der Waals surface area contributed by atoms with Gasteiger partial charge >= 0.3 is 0 Å². The van der Waals surface area contributed by atoms with Crippen LogP contribution >= 0.6 is 0 Å². The minimum absolute atomic E-state index is 0.383. The molecule has 0 fully saturated rings. The molecule has 0 unspecified atom stereocenters. The molecule has 1 heterocycles. The highest BCUT2D eigenvalue weighted by molar-refractivity contribution is 7.90. The van der Waals surface area contributed by atoms with Gasteiger partial charge in [-0.3, -0.25) is 9.29 Å². The number of nitrogens with zero attached hydrogens (tertiary/aromatic N) is 3. The number of nitrogens with two attached hydrogens (primary N) is 1. The SMILES string of the molecule is NS(=O)(=O)Nc1cccc(-n2cnnc2)c1. The van der Waals surface area contributed by atoms with Crippen LogP contribution in [0.5, 0.6) is 0 Å². The van der Waals surface area contributed by atoms with Crippen molar-refractivity contribution in [2.45, 2.75) is 0 Å². The molecule has 2 aromatic rings. The Morgan fingerprint density at radius 3 is 2.56 bits per heavy atom. The van der Waals surface area contributed by atoms with Gasteiger partial charge in [-0.2, -0.15) is 8.42 Å². The van der Waals surface area contributed by atoms with Crippen molar-refractivity contribution in [3.63, 3.8) is 0 Å². The Hall–Kier alpha value is -1.93. The number of aromatic nitrogens is 3. The van der Waals surface area contributed by atoms with Crippen LogP contribution in [0.3, 0.4) is 0 Å². The summed E-state index contributed by atoms with van der Waals surface area (Å²) in [5.74, 6) is 0. The van der Waals surface area contributed by atoms with Crippen molar-refractivity contribution in [1.29, 1.82) is 0 Å². The molecule has 0 saturated carbocycles. The number of hydrogen-bond donors (Lipinski definition) is 2. The van der Waals surface area contributed by atoms with Crippen LogP contribution in [0.25, 0.3) is 5.69 Å². The van der Waals surface area contributed by atoms with Crippen molar-refractivity contribution in [3.8, 4) is 5.69 Å². The largest absolute Gasteiger partial charge is 0.296 e. The van der Waals surface area contributed by atoms with E-state index >= 15 is 0 Å². The topological polar surface area (TPSA) is 103 Å². The minimum Gasteiger partial charge on any atom is -0.288 e. The normalized spacial score (nSPS) is 11.3. The van der Waals surface area contributed by atoms with Gasteiger partial charge in [0, 0.05) is 0 Å². The zero-order chi connectivity index (χ0) is 11.6. The van der Waals surface area contributed by atoms with E-state index < -0.39 is 10.2 Å². The van der Waals surface area contributed by atoms with Crippen LogP contribution in [-0.2, 0) is 10.2 Å². The van der Waals surface area contributed by atoms with Gasteiger partial charge < -0.3 is 0 Å². The Morgan fingerprint density at radius 1 is 1.25 bits per heavy atom. The zero-order valence-corrected chi connectivity index (χ0v) is 8.92. The summed E-state index contributed by atoms with van der Waals surface area (Å²) < 4.78 is 25.5. The van der Waals surface area contributed by atoms with E-state index in [4.69, 9.17) is 5.14 Å². The van der Waals surface area contributed by atoms with E-state index in [1.54, 1.807) is 28.8 Å². The smallest absolute Gasteiger partial charge is 0.288 e. The molecule has 0 aliphatic carbocycles. The number of rotatable bonds is 3. The lowest BCUT2D eigenvalue weighted by atomic mass is 10.3. The summed E-state index contributed by atoms with van der Waals surface area (Å²) in [5, 5.41) is 12.2. The summed E-state index contributed by atoms with van der Waals surface area (Å²) in [6.45, 7) is 0. The van der Waals surface area contributed by atoms with Crippen LogP contribution in [0.15, 0.2) is 36.9 Å². The number of hydrogen-bond acceptors (Lipinski definition) is 4. The molecule has 0 aliphatic heterocycles. The van der Waals surface area contributed by atoms with Gasteiger partial charge in [-0.1, -0.05) is 6.07 Å². The fourth-order valence-electron chi connectivity index (χ4n) is 1.23. The van der Waals surface area contributed by atoms with Crippen LogP contribution in [0, 0.1) is 0 Å². The Balaban J connectivity index is 2.34. The molecule has 0 atom stereocenters. The predicted molar refractivity (Wildman–Crippen MR) is 58.1 cm³/mol. The molecular weight excluding hydrogens is 230 g/mol. The lowest BCUT2D eigenvalue weighted by molar-refractivity contribution is 0.603. The molecule has 8 heteroatoms. The van der Waals surface area contributed by atoms with Crippen molar-refractivity contribution < 1.29 is 8.42 Å². The maximum atomic E-state index is 10.8. The third-order valence-corrected chi connectivity index (χ3v) is 2.34. The van der Waals surface area contributed by atoms with Crippen molar-refractivity contribution in [3.05, 3.63) is 36.9 Å². The standard InChI is InChI=1S/C8H9N5O2S/c9-16(14,15)12-7-2-1-3-8(4-7)13-5-10-11-6-13/h1-6,12H,(H2,9,14,15). The molecule has 16 heavy (non-hydrogen) atoms. The summed E-state index contributed by atoms with van der Waals surface area (Å²) >= 11 is 0. The summed E-state index contributed by atoms with van der Waals surface area (Å²) in [6.07, 6.45) is 3.02. The van der Waals surface area contributed by atoms with Crippen LogP contribution in [0.2, 0.25) is 0 Å². The summed E-state index contributed by atoms with van der Waals surface area (Å²) in [6, 6.07) is 6.70. The van der Waals surface area contributed by atoms with Gasteiger partial charge in [-0.25, -0.2) is 5.14 Å². The van der Waals surface area contributed by atoms with E-state index in [2.05, 4.69) is 14.9 Å². The van der Waals surface area contributed by atoms with E-state index in [1.807, 2.05) is 0 Å². The molecule has 0 spiro atoms. The first kappa shape index (κ1) is 10.6. The molecule has 84 valence electrons. The second-order valence-corrected chi connectivity index (χ2v) is 4.36. The third kappa shape index (κ3) is 2.55. The molecule has 1 aromatic heterocycles. The van der Waals surface area contributed by atoms with Gasteiger partial charge in [0.1, 0.15) is 12.7 Å². The minimum atomic E-state index is -3.75. The van der Waals surface area contributed by atoms with Gasteiger partial charge in [0.25, 0.3) is 10.2 Å². The molecule has 0 aliphatic rings. The van der Waals surface area contributed by atoms with Crippen LogP contribution < -0.4 is 9.86 Å². The molecule has 0 amide bonds. The fourth-order valence-corrected chi connectivity index (χ4v) is 1.68. The average molecular weight is 239 g/mol. The Bertz CT molecular complexity index is 578. The highest BCUT2D eigenvalue weighted by atomic mass is 32.2. The fraction of sp³-hybridized carbons (Fsp3) is 0. The lowest BCUT2D eigenvalue weighted by Gasteiger charge is -2.06. The Labute approximate surface area is 92.1 Å². The first-order chi connectivity index (χ1) is 7.54. The molecule has 0 bridgehead atoms. The van der Waals surface area contributed by atoms with E-state index in [1.165, 1.54) is 12.7 Å². The predicted octanol–water partition coefficient (Wildman–Crippen LogP) is -0.117. The molecule has 3 N–H and O–H groups in total. The van der Waals surface area contributed by atoms with Gasteiger partial charge in [0.15, 0.2) is 0 Å². The molecule has 7 nitrogen and oxygen atoms in total. The molecule has 1 aromatic carbocycles. The van der Waals surface area contributed by atoms with Crippen molar-refractivity contribution in [2.24, 2.45) is 5.14 Å². The van der Waals surface area contributed by atoms with E-state index in [0.717, 1.165) is 5.69 Å². The first-order valence-electron chi connectivity index (χ1n) is 4.30. The number of nitrogens with one attached hydrogen (secondary N) is 1. The maximum Gasteiger partial charge on any atom is 0.296 e. The summed E-state index contributed by atoms with van der Waals surface area (Å²) in [4.78, 5) is 0. The molecular formula is C8H9N5O2S. The third-order valence-electron chi connectivity index (χ3n) is 1.82. The quantitative estimate of drug-likeness (QED) is 0.779.